The lowest BCUT2D eigenvalue weighted by Crippen LogP contribution is -2.44. The molecule has 0 saturated heterocycles. The molecule has 2 aromatic carbocycles. The molecule has 0 spiro atoms. The molecule has 2 aromatic rings. The fourth-order valence-electron chi connectivity index (χ4n) is 3.39. The van der Waals surface area contributed by atoms with Gasteiger partial charge in [-0.3, -0.25) is 19.7 Å². The third-order valence-electron chi connectivity index (χ3n) is 4.92. The van der Waals surface area contributed by atoms with Crippen molar-refractivity contribution < 1.29 is 14.5 Å². The van der Waals surface area contributed by atoms with Gasteiger partial charge in [-0.15, -0.1) is 0 Å². The van der Waals surface area contributed by atoms with Crippen molar-refractivity contribution in [2.75, 3.05) is 17.3 Å². The first-order valence-corrected chi connectivity index (χ1v) is 10.8. The number of nitro benzene ring substituents is 1. The van der Waals surface area contributed by atoms with Crippen LogP contribution < -0.4 is 10.6 Å². The average Bonchev–Trinajstić information content (AvgIpc) is 3.18. The van der Waals surface area contributed by atoms with Crippen molar-refractivity contribution in [2.45, 2.75) is 31.7 Å². The summed E-state index contributed by atoms with van der Waals surface area (Å²) in [6, 6.07) is 10.7. The summed E-state index contributed by atoms with van der Waals surface area (Å²) < 4.78 is 0. The SMILES string of the molecule is CSCC[C@H](NC(=O)c1cccc([N+](=O)[O-])c1)C(=O)Nc1ccc2c(c1)CCC2. The van der Waals surface area contributed by atoms with Gasteiger partial charge >= 0.3 is 0 Å². The van der Waals surface area contributed by atoms with Gasteiger partial charge in [0.05, 0.1) is 4.92 Å². The van der Waals surface area contributed by atoms with Crippen LogP contribution in [-0.4, -0.2) is 34.8 Å². The number of carbonyl (C=O) groups excluding carboxylic acids is 2. The summed E-state index contributed by atoms with van der Waals surface area (Å²) in [7, 11) is 0. The highest BCUT2D eigenvalue weighted by atomic mass is 32.2. The van der Waals surface area contributed by atoms with Crippen molar-refractivity contribution in [2.24, 2.45) is 0 Å². The topological polar surface area (TPSA) is 101 Å². The van der Waals surface area contributed by atoms with Crippen LogP contribution in [0, 0.1) is 10.1 Å². The van der Waals surface area contributed by atoms with Crippen LogP contribution in [0.5, 0.6) is 0 Å². The highest BCUT2D eigenvalue weighted by Crippen LogP contribution is 2.25. The molecule has 152 valence electrons. The summed E-state index contributed by atoms with van der Waals surface area (Å²) >= 11 is 1.58. The third-order valence-corrected chi connectivity index (χ3v) is 5.56. The molecule has 0 radical (unpaired) electrons. The van der Waals surface area contributed by atoms with Crippen LogP contribution in [0.2, 0.25) is 0 Å². The summed E-state index contributed by atoms with van der Waals surface area (Å²) in [5, 5.41) is 16.6. The van der Waals surface area contributed by atoms with Gasteiger partial charge < -0.3 is 10.6 Å². The Morgan fingerprint density at radius 2 is 1.97 bits per heavy atom. The molecule has 0 aromatic heterocycles. The van der Waals surface area contributed by atoms with E-state index in [1.165, 1.54) is 35.4 Å². The fourth-order valence-corrected chi connectivity index (χ4v) is 3.86. The molecule has 1 aliphatic carbocycles. The predicted octanol–water partition coefficient (Wildman–Crippen LogP) is 3.57. The van der Waals surface area contributed by atoms with Crippen LogP contribution in [0.25, 0.3) is 0 Å². The molecule has 29 heavy (non-hydrogen) atoms. The van der Waals surface area contributed by atoms with Gasteiger partial charge in [-0.05, 0) is 67.0 Å². The van der Waals surface area contributed by atoms with Crippen LogP contribution in [0.3, 0.4) is 0 Å². The van der Waals surface area contributed by atoms with Crippen LogP contribution in [-0.2, 0) is 17.6 Å². The summed E-state index contributed by atoms with van der Waals surface area (Å²) in [5.74, 6) is -0.114. The number of carbonyl (C=O) groups is 2. The zero-order chi connectivity index (χ0) is 20.8. The minimum absolute atomic E-state index is 0.152. The molecule has 1 aliphatic rings. The van der Waals surface area contributed by atoms with Gasteiger partial charge in [-0.25, -0.2) is 0 Å². The van der Waals surface area contributed by atoms with Crippen LogP contribution >= 0.6 is 11.8 Å². The molecule has 0 bridgehead atoms. The predicted molar refractivity (Wildman–Crippen MR) is 114 cm³/mol. The Hall–Kier alpha value is -2.87. The standard InChI is InChI=1S/C21H23N3O4S/c1-29-11-10-19(23-20(25)16-6-3-7-18(13-16)24(27)28)21(26)22-17-9-8-14-4-2-5-15(14)12-17/h3,6-9,12-13,19H,2,4-5,10-11H2,1H3,(H,22,26)(H,23,25)/t19-/m0/s1. The summed E-state index contributed by atoms with van der Waals surface area (Å²) in [6.07, 6.45) is 5.59. The number of non-ortho nitro benzene ring substituents is 1. The van der Waals surface area contributed by atoms with Crippen LogP contribution in [0.1, 0.15) is 34.3 Å². The Balaban J connectivity index is 1.71. The fraction of sp³-hybridized carbons (Fsp3) is 0.333. The minimum Gasteiger partial charge on any atom is -0.340 e. The van der Waals surface area contributed by atoms with Gasteiger partial charge in [0.15, 0.2) is 0 Å². The minimum atomic E-state index is -0.734. The van der Waals surface area contributed by atoms with Crippen molar-refractivity contribution in [1.82, 2.24) is 5.32 Å². The maximum absolute atomic E-state index is 12.8. The normalized spacial score (nSPS) is 13.4. The molecule has 7 nitrogen and oxygen atoms in total. The Morgan fingerprint density at radius 1 is 1.17 bits per heavy atom. The highest BCUT2D eigenvalue weighted by molar-refractivity contribution is 7.98. The lowest BCUT2D eigenvalue weighted by atomic mass is 10.1. The molecule has 8 heteroatoms. The molecule has 0 unspecified atom stereocenters. The second-order valence-electron chi connectivity index (χ2n) is 6.94. The third kappa shape index (κ3) is 5.35. The number of nitrogens with zero attached hydrogens (tertiary/aromatic N) is 1. The van der Waals surface area contributed by atoms with Crippen molar-refractivity contribution in [3.63, 3.8) is 0 Å². The molecule has 2 amide bonds. The summed E-state index contributed by atoms with van der Waals surface area (Å²) in [4.78, 5) is 35.8. The van der Waals surface area contributed by atoms with E-state index in [1.54, 1.807) is 11.8 Å². The second-order valence-corrected chi connectivity index (χ2v) is 7.93. The van der Waals surface area contributed by atoms with Gasteiger partial charge in [0, 0.05) is 23.4 Å². The number of fused-ring (bicyclic) bond motifs is 1. The maximum Gasteiger partial charge on any atom is 0.270 e. The van der Waals surface area contributed by atoms with E-state index in [1.807, 2.05) is 24.5 Å². The lowest BCUT2D eigenvalue weighted by Gasteiger charge is -2.18. The van der Waals surface area contributed by atoms with E-state index in [0.29, 0.717) is 12.2 Å². The Bertz CT molecular complexity index is 932. The molecule has 0 aliphatic heterocycles. The molecular formula is C21H23N3O4S. The summed E-state index contributed by atoms with van der Waals surface area (Å²) in [5.41, 5.74) is 3.28. The van der Waals surface area contributed by atoms with Gasteiger partial charge in [0.25, 0.3) is 11.6 Å². The van der Waals surface area contributed by atoms with E-state index in [9.17, 15) is 19.7 Å². The number of nitrogens with one attached hydrogen (secondary N) is 2. The number of nitro groups is 1. The molecule has 0 saturated carbocycles. The number of benzene rings is 2. The lowest BCUT2D eigenvalue weighted by molar-refractivity contribution is -0.384. The van der Waals surface area contributed by atoms with Crippen LogP contribution in [0.4, 0.5) is 11.4 Å². The first kappa shape index (κ1) is 20.9. The van der Waals surface area contributed by atoms with E-state index in [0.717, 1.165) is 24.9 Å². The van der Waals surface area contributed by atoms with Crippen molar-refractivity contribution in [1.29, 1.82) is 0 Å². The van der Waals surface area contributed by atoms with E-state index in [2.05, 4.69) is 10.6 Å². The zero-order valence-electron chi connectivity index (χ0n) is 16.1. The molecule has 3 rings (SSSR count). The molecule has 0 heterocycles. The Morgan fingerprint density at radius 3 is 2.72 bits per heavy atom. The molecule has 0 fully saturated rings. The number of aryl methyl sites for hydroxylation is 2. The molecule has 1 atom stereocenters. The number of anilines is 1. The Kier molecular flexibility index (Phi) is 6.87. The first-order valence-electron chi connectivity index (χ1n) is 9.45. The number of rotatable bonds is 8. The van der Waals surface area contributed by atoms with Gasteiger partial charge in [-0.2, -0.15) is 11.8 Å². The van der Waals surface area contributed by atoms with E-state index >= 15 is 0 Å². The zero-order valence-corrected chi connectivity index (χ0v) is 17.0. The molecule has 2 N–H and O–H groups in total. The van der Waals surface area contributed by atoms with Gasteiger partial charge in [0.1, 0.15) is 6.04 Å². The van der Waals surface area contributed by atoms with E-state index in [-0.39, 0.29) is 17.2 Å². The number of thioether (sulfide) groups is 1. The second kappa shape index (κ2) is 9.56. The maximum atomic E-state index is 12.8. The van der Waals surface area contributed by atoms with E-state index < -0.39 is 16.9 Å². The number of amides is 2. The van der Waals surface area contributed by atoms with Crippen molar-refractivity contribution in [3.05, 3.63) is 69.3 Å². The number of hydrogen-bond acceptors (Lipinski definition) is 5. The van der Waals surface area contributed by atoms with Crippen LogP contribution in [0.15, 0.2) is 42.5 Å². The van der Waals surface area contributed by atoms with Gasteiger partial charge in [-0.1, -0.05) is 12.1 Å². The van der Waals surface area contributed by atoms with E-state index in [4.69, 9.17) is 0 Å². The van der Waals surface area contributed by atoms with Crippen molar-refractivity contribution in [3.8, 4) is 0 Å². The smallest absolute Gasteiger partial charge is 0.270 e. The largest absolute Gasteiger partial charge is 0.340 e. The highest BCUT2D eigenvalue weighted by Gasteiger charge is 2.23. The van der Waals surface area contributed by atoms with Crippen molar-refractivity contribution >= 4 is 35.0 Å². The number of hydrogen-bond donors (Lipinski definition) is 2. The van der Waals surface area contributed by atoms with Gasteiger partial charge in [0.2, 0.25) is 5.91 Å². The average molecular weight is 413 g/mol. The first-order chi connectivity index (χ1) is 14.0. The quantitative estimate of drug-likeness (QED) is 0.509. The molecular weight excluding hydrogens is 390 g/mol. The monoisotopic (exact) mass is 413 g/mol. The summed E-state index contributed by atoms with van der Waals surface area (Å²) in [6.45, 7) is 0. The Labute approximate surface area is 173 Å².